The van der Waals surface area contributed by atoms with Crippen molar-refractivity contribution in [1.29, 1.82) is 0 Å². The van der Waals surface area contributed by atoms with E-state index in [1.165, 1.54) is 13.2 Å². The zero-order chi connectivity index (χ0) is 18.4. The van der Waals surface area contributed by atoms with Gasteiger partial charge in [0.05, 0.1) is 18.2 Å². The van der Waals surface area contributed by atoms with Crippen molar-refractivity contribution in [3.05, 3.63) is 29.8 Å². The molecule has 1 atom stereocenters. The van der Waals surface area contributed by atoms with Gasteiger partial charge in [-0.05, 0) is 24.6 Å². The van der Waals surface area contributed by atoms with Crippen LogP contribution in [-0.2, 0) is 15.7 Å². The lowest BCUT2D eigenvalue weighted by Gasteiger charge is -2.30. The molecule has 0 aromatic heterocycles. The van der Waals surface area contributed by atoms with E-state index in [0.29, 0.717) is 38.3 Å². The Balaban J connectivity index is 2.13. The van der Waals surface area contributed by atoms with Crippen LogP contribution in [0, 0.1) is 0 Å². The number of ether oxygens (including phenoxy) is 1. The average Bonchev–Trinajstić information content (AvgIpc) is 2.76. The molecule has 0 aliphatic carbocycles. The van der Waals surface area contributed by atoms with Crippen LogP contribution in [0.3, 0.4) is 0 Å². The maximum absolute atomic E-state index is 12.9. The van der Waals surface area contributed by atoms with Crippen molar-refractivity contribution in [3.63, 3.8) is 0 Å². The summed E-state index contributed by atoms with van der Waals surface area (Å²) in [5.41, 5.74) is -0.245. The molecule has 1 aromatic rings. The van der Waals surface area contributed by atoms with Crippen LogP contribution in [0.4, 0.5) is 18.9 Å². The number of amides is 1. The second kappa shape index (κ2) is 8.53. The van der Waals surface area contributed by atoms with E-state index in [0.717, 1.165) is 12.1 Å². The predicted molar refractivity (Wildman–Crippen MR) is 87.4 cm³/mol. The van der Waals surface area contributed by atoms with E-state index in [2.05, 4.69) is 0 Å². The Morgan fingerprint density at radius 3 is 2.68 bits per heavy atom. The fourth-order valence-corrected chi connectivity index (χ4v) is 3.03. The zero-order valence-electron chi connectivity index (χ0n) is 14.1. The van der Waals surface area contributed by atoms with Gasteiger partial charge < -0.3 is 19.6 Å². The number of alkyl halides is 3. The number of aliphatic hydroxyl groups is 1. The highest BCUT2D eigenvalue weighted by molar-refractivity contribution is 5.78. The maximum Gasteiger partial charge on any atom is 0.416 e. The fraction of sp³-hybridized carbons (Fsp3) is 0.588. The molecule has 25 heavy (non-hydrogen) atoms. The van der Waals surface area contributed by atoms with Crippen LogP contribution in [0.5, 0.6) is 0 Å². The van der Waals surface area contributed by atoms with Crippen molar-refractivity contribution in [2.75, 3.05) is 44.9 Å². The standard InChI is InChI=1S/C17H23F3N2O3/c1-25-12-15(6-10-23)22-9-8-21(7-5-16(22)24)14-4-2-3-13(11-14)17(18,19)20/h2-4,11,15,23H,5-10,12H2,1H3. The van der Waals surface area contributed by atoms with Gasteiger partial charge in [-0.1, -0.05) is 6.07 Å². The number of anilines is 1. The number of benzene rings is 1. The molecule has 1 fully saturated rings. The smallest absolute Gasteiger partial charge is 0.396 e. The molecular weight excluding hydrogens is 337 g/mol. The summed E-state index contributed by atoms with van der Waals surface area (Å²) in [5, 5.41) is 9.18. The van der Waals surface area contributed by atoms with E-state index in [9.17, 15) is 23.1 Å². The minimum absolute atomic E-state index is 0.0604. The van der Waals surface area contributed by atoms with Gasteiger partial charge in [-0.3, -0.25) is 4.79 Å². The van der Waals surface area contributed by atoms with Crippen molar-refractivity contribution in [2.24, 2.45) is 0 Å². The van der Waals surface area contributed by atoms with Gasteiger partial charge in [0.15, 0.2) is 0 Å². The van der Waals surface area contributed by atoms with Crippen LogP contribution in [0.2, 0.25) is 0 Å². The number of methoxy groups -OCH3 is 1. The predicted octanol–water partition coefficient (Wildman–Crippen LogP) is 2.14. The zero-order valence-corrected chi connectivity index (χ0v) is 14.1. The SMILES string of the molecule is COCC(CCO)N1CCN(c2cccc(C(F)(F)F)c2)CCC1=O. The molecule has 1 unspecified atom stereocenters. The Bertz CT molecular complexity index is 575. The number of hydrogen-bond donors (Lipinski definition) is 1. The number of halogens is 3. The number of aliphatic hydroxyl groups excluding tert-OH is 1. The number of rotatable bonds is 6. The van der Waals surface area contributed by atoms with Crippen molar-refractivity contribution < 1.29 is 27.8 Å². The molecule has 0 saturated carbocycles. The first kappa shape index (κ1) is 19.5. The first-order chi connectivity index (χ1) is 11.9. The topological polar surface area (TPSA) is 53.0 Å². The van der Waals surface area contributed by atoms with Crippen molar-refractivity contribution in [2.45, 2.75) is 25.1 Å². The molecule has 5 nitrogen and oxygen atoms in total. The van der Waals surface area contributed by atoms with E-state index in [4.69, 9.17) is 4.74 Å². The summed E-state index contributed by atoms with van der Waals surface area (Å²) < 4.78 is 43.8. The average molecular weight is 360 g/mol. The Morgan fingerprint density at radius 2 is 2.04 bits per heavy atom. The second-order valence-corrected chi connectivity index (χ2v) is 5.99. The molecule has 1 aromatic carbocycles. The number of nitrogens with zero attached hydrogens (tertiary/aromatic N) is 2. The first-order valence-electron chi connectivity index (χ1n) is 8.18. The van der Waals surface area contributed by atoms with Crippen LogP contribution in [0.25, 0.3) is 0 Å². The minimum Gasteiger partial charge on any atom is -0.396 e. The summed E-state index contributed by atoms with van der Waals surface area (Å²) in [7, 11) is 1.53. The van der Waals surface area contributed by atoms with Crippen LogP contribution in [0.15, 0.2) is 24.3 Å². The van der Waals surface area contributed by atoms with E-state index in [1.54, 1.807) is 15.9 Å². The molecule has 1 aliphatic heterocycles. The van der Waals surface area contributed by atoms with E-state index in [1.807, 2.05) is 0 Å². The highest BCUT2D eigenvalue weighted by Crippen LogP contribution is 2.32. The summed E-state index contributed by atoms with van der Waals surface area (Å²) in [4.78, 5) is 15.8. The fourth-order valence-electron chi connectivity index (χ4n) is 3.03. The van der Waals surface area contributed by atoms with E-state index >= 15 is 0 Å². The molecule has 2 rings (SSSR count). The molecule has 8 heteroatoms. The third-order valence-corrected chi connectivity index (χ3v) is 4.33. The molecule has 1 amide bonds. The molecule has 0 radical (unpaired) electrons. The maximum atomic E-state index is 12.9. The lowest BCUT2D eigenvalue weighted by Crippen LogP contribution is -2.44. The third kappa shape index (κ3) is 5.09. The number of carbonyl (C=O) groups excluding carboxylic acids is 1. The molecule has 1 heterocycles. The van der Waals surface area contributed by atoms with Crippen molar-refractivity contribution >= 4 is 11.6 Å². The lowest BCUT2D eigenvalue weighted by atomic mass is 10.1. The Kier molecular flexibility index (Phi) is 6.66. The summed E-state index contributed by atoms with van der Waals surface area (Å²) in [6.45, 7) is 1.42. The summed E-state index contributed by atoms with van der Waals surface area (Å²) in [6, 6.07) is 4.91. The monoisotopic (exact) mass is 360 g/mol. The minimum atomic E-state index is -4.39. The van der Waals surface area contributed by atoms with Gasteiger partial charge in [0, 0.05) is 45.5 Å². The molecule has 1 aliphatic rings. The molecule has 1 saturated heterocycles. The van der Waals surface area contributed by atoms with Gasteiger partial charge in [0.1, 0.15) is 0 Å². The van der Waals surface area contributed by atoms with Gasteiger partial charge in [-0.25, -0.2) is 0 Å². The first-order valence-corrected chi connectivity index (χ1v) is 8.18. The van der Waals surface area contributed by atoms with E-state index in [-0.39, 0.29) is 25.0 Å². The van der Waals surface area contributed by atoms with Crippen LogP contribution in [0.1, 0.15) is 18.4 Å². The number of hydrogen-bond acceptors (Lipinski definition) is 4. The third-order valence-electron chi connectivity index (χ3n) is 4.33. The largest absolute Gasteiger partial charge is 0.416 e. The van der Waals surface area contributed by atoms with Crippen LogP contribution >= 0.6 is 0 Å². The normalized spacial score (nSPS) is 17.6. The Hall–Kier alpha value is -1.80. The highest BCUT2D eigenvalue weighted by Gasteiger charge is 2.32. The quantitative estimate of drug-likeness (QED) is 0.845. The Morgan fingerprint density at radius 1 is 1.28 bits per heavy atom. The van der Waals surface area contributed by atoms with Gasteiger partial charge in [0.25, 0.3) is 0 Å². The molecule has 140 valence electrons. The highest BCUT2D eigenvalue weighted by atomic mass is 19.4. The van der Waals surface area contributed by atoms with Gasteiger partial charge in [-0.15, -0.1) is 0 Å². The van der Waals surface area contributed by atoms with Gasteiger partial charge in [-0.2, -0.15) is 13.2 Å². The lowest BCUT2D eigenvalue weighted by molar-refractivity contribution is -0.137. The van der Waals surface area contributed by atoms with E-state index < -0.39 is 11.7 Å². The summed E-state index contributed by atoms with van der Waals surface area (Å²) >= 11 is 0. The summed E-state index contributed by atoms with van der Waals surface area (Å²) in [5.74, 6) is -0.0787. The summed E-state index contributed by atoms with van der Waals surface area (Å²) in [6.07, 6.45) is -3.78. The van der Waals surface area contributed by atoms with Crippen molar-refractivity contribution in [3.8, 4) is 0 Å². The number of carbonyl (C=O) groups is 1. The van der Waals surface area contributed by atoms with Crippen LogP contribution in [-0.4, -0.2) is 61.9 Å². The van der Waals surface area contributed by atoms with Gasteiger partial charge in [0.2, 0.25) is 5.91 Å². The van der Waals surface area contributed by atoms with Crippen molar-refractivity contribution in [1.82, 2.24) is 4.90 Å². The Labute approximate surface area is 145 Å². The second-order valence-electron chi connectivity index (χ2n) is 5.99. The molecular formula is C17H23F3N2O3. The van der Waals surface area contributed by atoms with Crippen LogP contribution < -0.4 is 4.90 Å². The molecule has 0 bridgehead atoms. The molecule has 1 N–H and O–H groups in total. The van der Waals surface area contributed by atoms with Gasteiger partial charge >= 0.3 is 6.18 Å². The molecule has 0 spiro atoms.